The van der Waals surface area contributed by atoms with Gasteiger partial charge in [-0.3, -0.25) is 14.5 Å². The first kappa shape index (κ1) is 21.5. The second-order valence-electron chi connectivity index (χ2n) is 9.03. The Kier molecular flexibility index (Phi) is 4.60. The summed E-state index contributed by atoms with van der Waals surface area (Å²) < 4.78 is 36.9. The Bertz CT molecular complexity index is 1610. The molecule has 4 atom stereocenters. The van der Waals surface area contributed by atoms with Crippen LogP contribution in [0.25, 0.3) is 32.9 Å². The third-order valence-electron chi connectivity index (χ3n) is 7.26. The molecule has 2 unspecified atom stereocenters. The summed E-state index contributed by atoms with van der Waals surface area (Å²) in [4.78, 5) is 16.5. The number of ether oxygens (including phenoxy) is 1. The molecule has 0 spiro atoms. The maximum absolute atomic E-state index is 16.0. The van der Waals surface area contributed by atoms with Crippen molar-refractivity contribution < 1.29 is 23.4 Å². The molecule has 176 valence electrons. The van der Waals surface area contributed by atoms with Gasteiger partial charge in [-0.1, -0.05) is 12.0 Å². The van der Waals surface area contributed by atoms with Gasteiger partial charge in [0.1, 0.15) is 28.8 Å². The van der Waals surface area contributed by atoms with Crippen LogP contribution in [0.15, 0.2) is 30.5 Å². The van der Waals surface area contributed by atoms with Gasteiger partial charge < -0.3 is 15.2 Å². The topological polar surface area (TPSA) is 89.3 Å². The van der Waals surface area contributed by atoms with Crippen molar-refractivity contribution in [2.45, 2.75) is 12.0 Å². The van der Waals surface area contributed by atoms with Crippen LogP contribution in [0.1, 0.15) is 17.2 Å². The number of phenolic OH excluding ortho intramolecular Hbond substituents is 1. The van der Waals surface area contributed by atoms with Crippen molar-refractivity contribution in [2.24, 2.45) is 18.9 Å². The third-order valence-corrected chi connectivity index (χ3v) is 7.26. The zero-order valence-corrected chi connectivity index (χ0v) is 18.8. The number of carbonyl (C=O) groups excluding carboxylic acids is 1. The summed E-state index contributed by atoms with van der Waals surface area (Å²) in [6.07, 6.45) is 7.10. The number of halogens is 2. The van der Waals surface area contributed by atoms with Crippen molar-refractivity contribution in [3.05, 3.63) is 53.4 Å². The number of rotatable bonds is 3. The van der Waals surface area contributed by atoms with Crippen molar-refractivity contribution >= 4 is 27.6 Å². The molecule has 2 fully saturated rings. The molecule has 4 aromatic rings. The molecule has 0 bridgehead atoms. The lowest BCUT2D eigenvalue weighted by Crippen LogP contribution is -2.36. The zero-order valence-electron chi connectivity index (χ0n) is 18.8. The van der Waals surface area contributed by atoms with Gasteiger partial charge >= 0.3 is 5.97 Å². The van der Waals surface area contributed by atoms with Gasteiger partial charge in [0.05, 0.1) is 18.4 Å². The largest absolute Gasteiger partial charge is 0.508 e. The lowest BCUT2D eigenvalue weighted by Gasteiger charge is -2.13. The standard InChI is InChI=1S/C26H20F2N4O3/c1-4-13-17(27)6-5-11-7-12(33)8-14(18(11)13)23-21(28)25-16(10-29-23)22(31-32(25)2)19-15-9-30-24(20(15)19)26(34)35-3/h1,5-8,10,15,19-20,24,30,33H,9H2,2-3H3/t15-,19?,20-,24?/m0/s1. The number of hydrogen-bond acceptors (Lipinski definition) is 6. The van der Waals surface area contributed by atoms with Crippen LogP contribution in [0.3, 0.4) is 0 Å². The second-order valence-corrected chi connectivity index (χ2v) is 9.03. The van der Waals surface area contributed by atoms with Crippen LogP contribution in [-0.4, -0.2) is 45.5 Å². The molecule has 2 aromatic heterocycles. The van der Waals surface area contributed by atoms with E-state index >= 15 is 4.39 Å². The lowest BCUT2D eigenvalue weighted by molar-refractivity contribution is -0.143. The van der Waals surface area contributed by atoms with Crippen LogP contribution in [0.4, 0.5) is 8.78 Å². The van der Waals surface area contributed by atoms with E-state index in [1.807, 2.05) is 0 Å². The molecular formula is C26H20F2N4O3. The average molecular weight is 474 g/mol. The maximum Gasteiger partial charge on any atom is 0.323 e. The van der Waals surface area contributed by atoms with Crippen LogP contribution >= 0.6 is 0 Å². The fourth-order valence-electron chi connectivity index (χ4n) is 5.70. The number of aryl methyl sites for hydroxylation is 1. The average Bonchev–Trinajstić information content (AvgIpc) is 3.19. The van der Waals surface area contributed by atoms with Gasteiger partial charge in [0, 0.05) is 35.5 Å². The zero-order chi connectivity index (χ0) is 24.6. The maximum atomic E-state index is 16.0. The first-order valence-corrected chi connectivity index (χ1v) is 11.1. The highest BCUT2D eigenvalue weighted by atomic mass is 19.1. The van der Waals surface area contributed by atoms with E-state index in [0.29, 0.717) is 28.4 Å². The Balaban J connectivity index is 1.52. The van der Waals surface area contributed by atoms with Crippen molar-refractivity contribution in [1.29, 1.82) is 0 Å². The molecule has 0 amide bonds. The lowest BCUT2D eigenvalue weighted by atomic mass is 9.95. The molecule has 3 heterocycles. The number of piperidine rings is 1. The summed E-state index contributed by atoms with van der Waals surface area (Å²) >= 11 is 0. The molecule has 2 aromatic carbocycles. The summed E-state index contributed by atoms with van der Waals surface area (Å²) in [5.74, 6) is 0.833. The molecule has 7 nitrogen and oxygen atoms in total. The molecule has 1 saturated carbocycles. The Morgan fingerprint density at radius 3 is 2.89 bits per heavy atom. The molecular weight excluding hydrogens is 454 g/mol. The van der Waals surface area contributed by atoms with Crippen molar-refractivity contribution in [3.8, 4) is 29.4 Å². The SMILES string of the molecule is C#Cc1c(F)ccc2cc(O)cc(-c3ncc4c(C5[C@H]6C(C(=O)OC)NC[C@@H]56)nn(C)c4c3F)c12. The summed E-state index contributed by atoms with van der Waals surface area (Å²) in [7, 11) is 2.99. The number of methoxy groups -OCH3 is 1. The molecule has 1 aliphatic heterocycles. The van der Waals surface area contributed by atoms with E-state index in [1.54, 1.807) is 7.05 Å². The van der Waals surface area contributed by atoms with E-state index < -0.39 is 17.7 Å². The highest BCUT2D eigenvalue weighted by Gasteiger charge is 2.62. The van der Waals surface area contributed by atoms with Gasteiger partial charge in [0.15, 0.2) is 5.82 Å². The molecule has 9 heteroatoms. The fraction of sp³-hybridized carbons (Fsp3) is 0.269. The summed E-state index contributed by atoms with van der Waals surface area (Å²) in [5, 5.41) is 19.3. The quantitative estimate of drug-likeness (QED) is 0.350. The van der Waals surface area contributed by atoms with Crippen molar-refractivity contribution in [2.75, 3.05) is 13.7 Å². The molecule has 2 aliphatic rings. The molecule has 1 aliphatic carbocycles. The fourth-order valence-corrected chi connectivity index (χ4v) is 5.70. The van der Waals surface area contributed by atoms with Gasteiger partial charge in [-0.05, 0) is 42.0 Å². The Morgan fingerprint density at radius 2 is 2.14 bits per heavy atom. The summed E-state index contributed by atoms with van der Waals surface area (Å²) in [6, 6.07) is 5.04. The number of terminal acetylenes is 1. The van der Waals surface area contributed by atoms with E-state index in [2.05, 4.69) is 21.3 Å². The van der Waals surface area contributed by atoms with Crippen LogP contribution in [0.5, 0.6) is 5.75 Å². The number of hydrogen-bond donors (Lipinski definition) is 2. The summed E-state index contributed by atoms with van der Waals surface area (Å²) in [5.41, 5.74) is 0.999. The molecule has 1 saturated heterocycles. The van der Waals surface area contributed by atoms with Gasteiger partial charge in [0.25, 0.3) is 0 Å². The number of benzene rings is 2. The van der Waals surface area contributed by atoms with Gasteiger partial charge in [0.2, 0.25) is 0 Å². The number of carbonyl (C=O) groups is 1. The van der Waals surface area contributed by atoms with Gasteiger partial charge in [-0.15, -0.1) is 6.42 Å². The van der Waals surface area contributed by atoms with Crippen LogP contribution < -0.4 is 5.32 Å². The van der Waals surface area contributed by atoms with Gasteiger partial charge in [-0.25, -0.2) is 8.78 Å². The second kappa shape index (κ2) is 7.48. The van der Waals surface area contributed by atoms with E-state index in [0.717, 1.165) is 0 Å². The number of fused-ring (bicyclic) bond motifs is 3. The molecule has 2 N–H and O–H groups in total. The normalized spacial score (nSPS) is 22.8. The minimum atomic E-state index is -0.656. The van der Waals surface area contributed by atoms with E-state index in [4.69, 9.17) is 11.2 Å². The predicted octanol–water partition coefficient (Wildman–Crippen LogP) is 3.23. The minimum Gasteiger partial charge on any atom is -0.508 e. The van der Waals surface area contributed by atoms with Crippen LogP contribution in [0.2, 0.25) is 0 Å². The number of aromatic nitrogens is 3. The van der Waals surface area contributed by atoms with Crippen LogP contribution in [0, 0.1) is 35.8 Å². The molecule has 6 rings (SSSR count). The summed E-state index contributed by atoms with van der Waals surface area (Å²) in [6.45, 7) is 0.650. The Morgan fingerprint density at radius 1 is 1.34 bits per heavy atom. The first-order valence-electron chi connectivity index (χ1n) is 11.1. The minimum absolute atomic E-state index is 0.0140. The third kappa shape index (κ3) is 2.96. The smallest absolute Gasteiger partial charge is 0.323 e. The monoisotopic (exact) mass is 474 g/mol. The Hall–Kier alpha value is -4.03. The Labute approximate surface area is 198 Å². The van der Waals surface area contributed by atoms with E-state index in [1.165, 1.54) is 42.3 Å². The van der Waals surface area contributed by atoms with E-state index in [-0.39, 0.29) is 51.8 Å². The molecule has 0 radical (unpaired) electrons. The number of pyridine rings is 1. The van der Waals surface area contributed by atoms with Crippen molar-refractivity contribution in [1.82, 2.24) is 20.1 Å². The molecule has 35 heavy (non-hydrogen) atoms. The number of phenols is 1. The highest BCUT2D eigenvalue weighted by Crippen LogP contribution is 2.59. The van der Waals surface area contributed by atoms with Gasteiger partial charge in [-0.2, -0.15) is 5.10 Å². The van der Waals surface area contributed by atoms with E-state index in [9.17, 15) is 14.3 Å². The van der Waals surface area contributed by atoms with Crippen LogP contribution in [-0.2, 0) is 16.6 Å². The van der Waals surface area contributed by atoms with Crippen molar-refractivity contribution in [3.63, 3.8) is 0 Å². The number of esters is 1. The number of aromatic hydroxyl groups is 1. The number of nitrogens with zero attached hydrogens (tertiary/aromatic N) is 3. The highest BCUT2D eigenvalue weighted by molar-refractivity contribution is 6.02. The predicted molar refractivity (Wildman–Crippen MR) is 124 cm³/mol. The first-order chi connectivity index (χ1) is 16.8. The number of nitrogens with one attached hydrogen (secondary N) is 1.